The standard InChI is InChI=1S/C16H16BrClFNO/c1-3-20-16(10-4-7-14(18)13(17)8-10)12-6-5-11(21-2)9-15(12)19/h4-9,16,20H,3H2,1-2H3. The summed E-state index contributed by atoms with van der Waals surface area (Å²) in [4.78, 5) is 0. The molecular formula is C16H16BrClFNO. The monoisotopic (exact) mass is 371 g/mol. The Morgan fingerprint density at radius 2 is 2.05 bits per heavy atom. The molecule has 2 aromatic carbocycles. The number of hydrogen-bond donors (Lipinski definition) is 1. The van der Waals surface area contributed by atoms with E-state index in [0.29, 0.717) is 16.3 Å². The van der Waals surface area contributed by atoms with Crippen molar-refractivity contribution in [3.8, 4) is 5.75 Å². The molecule has 0 saturated heterocycles. The van der Waals surface area contributed by atoms with E-state index in [1.807, 2.05) is 19.1 Å². The van der Waals surface area contributed by atoms with Crippen LogP contribution < -0.4 is 10.1 Å². The van der Waals surface area contributed by atoms with Crippen LogP contribution in [0.2, 0.25) is 5.02 Å². The van der Waals surface area contributed by atoms with Gasteiger partial charge in [0.05, 0.1) is 18.2 Å². The summed E-state index contributed by atoms with van der Waals surface area (Å²) >= 11 is 9.43. The molecule has 21 heavy (non-hydrogen) atoms. The topological polar surface area (TPSA) is 21.3 Å². The maximum atomic E-state index is 14.3. The summed E-state index contributed by atoms with van der Waals surface area (Å²) in [5.41, 5.74) is 1.52. The lowest BCUT2D eigenvalue weighted by Crippen LogP contribution is -2.23. The Kier molecular flexibility index (Phi) is 5.62. The number of methoxy groups -OCH3 is 1. The lowest BCUT2D eigenvalue weighted by Gasteiger charge is -2.20. The van der Waals surface area contributed by atoms with Gasteiger partial charge < -0.3 is 10.1 Å². The molecule has 0 spiro atoms. The fourth-order valence-electron chi connectivity index (χ4n) is 2.17. The molecule has 0 aliphatic heterocycles. The van der Waals surface area contributed by atoms with Crippen molar-refractivity contribution < 1.29 is 9.13 Å². The molecule has 1 unspecified atom stereocenters. The number of hydrogen-bond acceptors (Lipinski definition) is 2. The van der Waals surface area contributed by atoms with E-state index < -0.39 is 0 Å². The highest BCUT2D eigenvalue weighted by Gasteiger charge is 2.18. The average Bonchev–Trinajstić information content (AvgIpc) is 2.48. The van der Waals surface area contributed by atoms with Gasteiger partial charge >= 0.3 is 0 Å². The number of benzene rings is 2. The van der Waals surface area contributed by atoms with Crippen LogP contribution in [0, 0.1) is 5.82 Å². The lowest BCUT2D eigenvalue weighted by atomic mass is 9.98. The Morgan fingerprint density at radius 1 is 1.29 bits per heavy atom. The molecule has 112 valence electrons. The van der Waals surface area contributed by atoms with Gasteiger partial charge in [0.25, 0.3) is 0 Å². The van der Waals surface area contributed by atoms with Gasteiger partial charge in [-0.05, 0) is 46.2 Å². The maximum Gasteiger partial charge on any atom is 0.132 e. The van der Waals surface area contributed by atoms with Crippen LogP contribution in [0.25, 0.3) is 0 Å². The van der Waals surface area contributed by atoms with Crippen LogP contribution in [0.4, 0.5) is 4.39 Å². The van der Waals surface area contributed by atoms with Gasteiger partial charge in [0, 0.05) is 16.1 Å². The molecule has 0 aliphatic carbocycles. The first-order valence-electron chi connectivity index (χ1n) is 6.58. The molecule has 0 aliphatic rings. The quantitative estimate of drug-likeness (QED) is 0.802. The lowest BCUT2D eigenvalue weighted by molar-refractivity contribution is 0.410. The first kappa shape index (κ1) is 16.3. The molecule has 0 saturated carbocycles. The van der Waals surface area contributed by atoms with Crippen molar-refractivity contribution in [1.29, 1.82) is 0 Å². The van der Waals surface area contributed by atoms with Crippen LogP contribution >= 0.6 is 27.5 Å². The number of halogens is 3. The molecule has 0 amide bonds. The molecule has 2 rings (SSSR count). The molecular weight excluding hydrogens is 357 g/mol. The second kappa shape index (κ2) is 7.25. The fraction of sp³-hybridized carbons (Fsp3) is 0.250. The van der Waals surface area contributed by atoms with Crippen molar-refractivity contribution in [3.05, 3.63) is 62.8 Å². The third kappa shape index (κ3) is 3.76. The molecule has 0 aromatic heterocycles. The van der Waals surface area contributed by atoms with E-state index >= 15 is 0 Å². The van der Waals surface area contributed by atoms with Crippen molar-refractivity contribution in [2.45, 2.75) is 13.0 Å². The first-order chi connectivity index (χ1) is 10.1. The highest BCUT2D eigenvalue weighted by atomic mass is 79.9. The van der Waals surface area contributed by atoms with Gasteiger partial charge in [-0.2, -0.15) is 0 Å². The van der Waals surface area contributed by atoms with Gasteiger partial charge in [0.2, 0.25) is 0 Å². The highest BCUT2D eigenvalue weighted by molar-refractivity contribution is 9.10. The number of ether oxygens (including phenoxy) is 1. The van der Waals surface area contributed by atoms with Crippen LogP contribution in [-0.4, -0.2) is 13.7 Å². The Hall–Kier alpha value is -1.10. The molecule has 1 N–H and O–H groups in total. The van der Waals surface area contributed by atoms with Gasteiger partial charge in [0.15, 0.2) is 0 Å². The Balaban J connectivity index is 2.45. The van der Waals surface area contributed by atoms with Gasteiger partial charge in [-0.15, -0.1) is 0 Å². The fourth-order valence-corrected chi connectivity index (χ4v) is 2.69. The summed E-state index contributed by atoms with van der Waals surface area (Å²) in [6.07, 6.45) is 0. The maximum absolute atomic E-state index is 14.3. The summed E-state index contributed by atoms with van der Waals surface area (Å²) in [7, 11) is 1.52. The van der Waals surface area contributed by atoms with Crippen LogP contribution in [0.15, 0.2) is 40.9 Å². The normalized spacial score (nSPS) is 12.2. The van der Waals surface area contributed by atoms with E-state index in [-0.39, 0.29) is 11.9 Å². The summed E-state index contributed by atoms with van der Waals surface area (Å²) in [5.74, 6) is 0.204. The van der Waals surface area contributed by atoms with E-state index in [4.69, 9.17) is 16.3 Å². The van der Waals surface area contributed by atoms with E-state index in [2.05, 4.69) is 21.2 Å². The predicted molar refractivity (Wildman–Crippen MR) is 87.6 cm³/mol. The van der Waals surface area contributed by atoms with Crippen molar-refractivity contribution in [2.75, 3.05) is 13.7 Å². The van der Waals surface area contributed by atoms with E-state index in [1.165, 1.54) is 13.2 Å². The zero-order valence-electron chi connectivity index (χ0n) is 11.8. The molecule has 1 atom stereocenters. The average molecular weight is 373 g/mol. The zero-order valence-corrected chi connectivity index (χ0v) is 14.1. The Morgan fingerprint density at radius 3 is 2.62 bits per heavy atom. The van der Waals surface area contributed by atoms with Gasteiger partial charge in [0.1, 0.15) is 11.6 Å². The SMILES string of the molecule is CCNC(c1ccc(Cl)c(Br)c1)c1ccc(OC)cc1F. The van der Waals surface area contributed by atoms with Gasteiger partial charge in [-0.1, -0.05) is 30.7 Å². The molecule has 5 heteroatoms. The molecule has 0 heterocycles. The van der Waals surface area contributed by atoms with Crippen molar-refractivity contribution >= 4 is 27.5 Å². The van der Waals surface area contributed by atoms with Crippen LogP contribution in [0.3, 0.4) is 0 Å². The number of rotatable bonds is 5. The minimum absolute atomic E-state index is 0.241. The molecule has 2 nitrogen and oxygen atoms in total. The minimum Gasteiger partial charge on any atom is -0.497 e. The second-order valence-corrected chi connectivity index (χ2v) is 5.81. The zero-order chi connectivity index (χ0) is 15.4. The van der Waals surface area contributed by atoms with E-state index in [1.54, 1.807) is 18.2 Å². The van der Waals surface area contributed by atoms with E-state index in [0.717, 1.165) is 16.6 Å². The molecule has 0 radical (unpaired) electrons. The van der Waals surface area contributed by atoms with Crippen molar-refractivity contribution in [2.24, 2.45) is 0 Å². The third-order valence-corrected chi connectivity index (χ3v) is 4.42. The van der Waals surface area contributed by atoms with Crippen LogP contribution in [0.1, 0.15) is 24.1 Å². The van der Waals surface area contributed by atoms with Crippen LogP contribution in [0.5, 0.6) is 5.75 Å². The highest BCUT2D eigenvalue weighted by Crippen LogP contribution is 2.31. The molecule has 0 bridgehead atoms. The summed E-state index contributed by atoms with van der Waals surface area (Å²) in [6, 6.07) is 10.2. The van der Waals surface area contributed by atoms with Crippen LogP contribution in [-0.2, 0) is 0 Å². The largest absolute Gasteiger partial charge is 0.497 e. The number of nitrogens with one attached hydrogen (secondary N) is 1. The van der Waals surface area contributed by atoms with Crippen molar-refractivity contribution in [1.82, 2.24) is 5.32 Å². The molecule has 0 fully saturated rings. The first-order valence-corrected chi connectivity index (χ1v) is 7.75. The Labute approximate surface area is 137 Å². The Bertz CT molecular complexity index is 636. The second-order valence-electron chi connectivity index (χ2n) is 4.55. The third-order valence-electron chi connectivity index (χ3n) is 3.20. The predicted octanol–water partition coefficient (Wildman–Crippen LogP) is 4.95. The summed E-state index contributed by atoms with van der Waals surface area (Å²) < 4.78 is 20.2. The van der Waals surface area contributed by atoms with Crippen molar-refractivity contribution in [3.63, 3.8) is 0 Å². The smallest absolute Gasteiger partial charge is 0.132 e. The molecule has 2 aromatic rings. The summed E-state index contributed by atoms with van der Waals surface area (Å²) in [6.45, 7) is 2.70. The minimum atomic E-state index is -0.300. The van der Waals surface area contributed by atoms with Gasteiger partial charge in [-0.3, -0.25) is 0 Å². The van der Waals surface area contributed by atoms with E-state index in [9.17, 15) is 4.39 Å². The summed E-state index contributed by atoms with van der Waals surface area (Å²) in [5, 5.41) is 3.92. The van der Waals surface area contributed by atoms with Gasteiger partial charge in [-0.25, -0.2) is 4.39 Å².